The third-order valence-electron chi connectivity index (χ3n) is 2.14. The highest BCUT2D eigenvalue weighted by Crippen LogP contribution is 2.14. The minimum absolute atomic E-state index is 0.704. The van der Waals surface area contributed by atoms with Gasteiger partial charge in [-0.25, -0.2) is 0 Å². The summed E-state index contributed by atoms with van der Waals surface area (Å²) < 4.78 is 0.704. The van der Waals surface area contributed by atoms with Crippen LogP contribution >= 0.6 is 22.6 Å². The zero-order valence-electron chi connectivity index (χ0n) is 9.32. The van der Waals surface area contributed by atoms with E-state index in [-0.39, 0.29) is 0 Å². The van der Waals surface area contributed by atoms with Crippen molar-refractivity contribution < 1.29 is 0 Å². The normalized spacial score (nSPS) is 11.3. The molecule has 0 aliphatic rings. The lowest BCUT2D eigenvalue weighted by Crippen LogP contribution is -1.94. The van der Waals surface area contributed by atoms with Crippen molar-refractivity contribution in [2.24, 2.45) is 0 Å². The number of aromatic nitrogens is 1. The topological polar surface area (TPSA) is 12.9 Å². The van der Waals surface area contributed by atoms with Crippen molar-refractivity contribution in [3.05, 3.63) is 42.7 Å². The highest BCUT2D eigenvalue weighted by Gasteiger charge is 1.99. The smallest absolute Gasteiger partial charge is 0.0428 e. The van der Waals surface area contributed by atoms with Gasteiger partial charge >= 0.3 is 0 Å². The Bertz CT molecular complexity index is 361. The average molecular weight is 325 g/mol. The molecule has 0 saturated carbocycles. The molecule has 16 heavy (non-hydrogen) atoms. The van der Waals surface area contributed by atoms with Crippen LogP contribution in [0.5, 0.6) is 0 Å². The fraction of sp³-hybridized carbons (Fsp3) is 0.357. The molecule has 1 rings (SSSR count). The third-order valence-corrected chi connectivity index (χ3v) is 3.27. The first kappa shape index (κ1) is 13.2. The minimum atomic E-state index is 0.704. The molecule has 0 aliphatic heterocycles. The predicted molar refractivity (Wildman–Crippen MR) is 77.6 cm³/mol. The van der Waals surface area contributed by atoms with Crippen molar-refractivity contribution in [3.63, 3.8) is 0 Å². The lowest BCUT2D eigenvalue weighted by Gasteiger charge is -2.03. The molecule has 1 nitrogen and oxygen atoms in total. The van der Waals surface area contributed by atoms with E-state index in [1.807, 2.05) is 18.2 Å². The van der Waals surface area contributed by atoms with Crippen LogP contribution < -0.4 is 0 Å². The SMILES string of the molecule is C=CCC(I)CCCC#Cc1cccnc1. The summed E-state index contributed by atoms with van der Waals surface area (Å²) >= 11 is 2.48. The second-order valence-corrected chi connectivity index (χ2v) is 5.32. The monoisotopic (exact) mass is 325 g/mol. The van der Waals surface area contributed by atoms with Gasteiger partial charge in [0, 0.05) is 28.3 Å². The summed E-state index contributed by atoms with van der Waals surface area (Å²) in [6.45, 7) is 3.75. The van der Waals surface area contributed by atoms with Crippen molar-refractivity contribution >= 4 is 22.6 Å². The number of pyridine rings is 1. The molecule has 0 fully saturated rings. The fourth-order valence-electron chi connectivity index (χ4n) is 1.31. The Balaban J connectivity index is 2.21. The minimum Gasteiger partial charge on any atom is -0.263 e. The van der Waals surface area contributed by atoms with E-state index in [2.05, 4.69) is 46.0 Å². The predicted octanol–water partition coefficient (Wildman–Crippen LogP) is 3.98. The molecule has 0 radical (unpaired) electrons. The third kappa shape index (κ3) is 5.92. The van der Waals surface area contributed by atoms with Gasteiger partial charge in [-0.15, -0.1) is 6.58 Å². The van der Waals surface area contributed by atoms with Crippen LogP contribution in [0.25, 0.3) is 0 Å². The summed E-state index contributed by atoms with van der Waals surface area (Å²) in [6, 6.07) is 3.90. The van der Waals surface area contributed by atoms with Gasteiger partial charge in [0.25, 0.3) is 0 Å². The van der Waals surface area contributed by atoms with Gasteiger partial charge in [0.1, 0.15) is 0 Å². The molecule has 1 aromatic rings. The number of hydrogen-bond donors (Lipinski definition) is 0. The number of unbranched alkanes of at least 4 members (excludes halogenated alkanes) is 1. The molecule has 0 aliphatic carbocycles. The standard InChI is InChI=1S/C14H16IN/c1-2-7-14(15)10-5-3-4-8-13-9-6-11-16-12-13/h2,6,9,11-12,14H,1,3,5,7,10H2. The van der Waals surface area contributed by atoms with Gasteiger partial charge in [0.15, 0.2) is 0 Å². The van der Waals surface area contributed by atoms with Crippen molar-refractivity contribution in [2.75, 3.05) is 0 Å². The molecule has 0 amide bonds. The van der Waals surface area contributed by atoms with E-state index >= 15 is 0 Å². The Kier molecular flexibility index (Phi) is 6.91. The summed E-state index contributed by atoms with van der Waals surface area (Å²) in [4.78, 5) is 4.02. The number of hydrogen-bond acceptors (Lipinski definition) is 1. The van der Waals surface area contributed by atoms with Gasteiger partial charge < -0.3 is 0 Å². The van der Waals surface area contributed by atoms with Crippen LogP contribution in [-0.2, 0) is 0 Å². The van der Waals surface area contributed by atoms with Crippen LogP contribution in [0.2, 0.25) is 0 Å². The maximum absolute atomic E-state index is 4.02. The van der Waals surface area contributed by atoms with E-state index in [0.717, 1.165) is 24.8 Å². The Morgan fingerprint density at radius 3 is 3.12 bits per heavy atom. The summed E-state index contributed by atoms with van der Waals surface area (Å²) in [6.07, 6.45) is 9.98. The fourth-order valence-corrected chi connectivity index (χ4v) is 2.11. The molecular weight excluding hydrogens is 309 g/mol. The summed E-state index contributed by atoms with van der Waals surface area (Å²) in [5, 5.41) is 0. The Hall–Kier alpha value is -0.820. The van der Waals surface area contributed by atoms with Crippen molar-refractivity contribution in [2.45, 2.75) is 29.6 Å². The molecule has 1 aromatic heterocycles. The lowest BCUT2D eigenvalue weighted by atomic mass is 10.1. The second kappa shape index (κ2) is 8.35. The lowest BCUT2D eigenvalue weighted by molar-refractivity contribution is 0.736. The molecule has 0 N–H and O–H groups in total. The summed E-state index contributed by atoms with van der Waals surface area (Å²) in [7, 11) is 0. The molecule has 0 spiro atoms. The van der Waals surface area contributed by atoms with Crippen molar-refractivity contribution in [1.29, 1.82) is 0 Å². The van der Waals surface area contributed by atoms with Gasteiger partial charge in [-0.3, -0.25) is 4.98 Å². The largest absolute Gasteiger partial charge is 0.263 e. The maximum Gasteiger partial charge on any atom is 0.0428 e. The number of nitrogens with zero attached hydrogens (tertiary/aromatic N) is 1. The Morgan fingerprint density at radius 1 is 1.56 bits per heavy atom. The quantitative estimate of drug-likeness (QED) is 0.262. The highest BCUT2D eigenvalue weighted by atomic mass is 127. The molecule has 2 heteroatoms. The van der Waals surface area contributed by atoms with E-state index in [1.54, 1.807) is 12.4 Å². The first-order valence-corrected chi connectivity index (χ1v) is 6.71. The zero-order chi connectivity index (χ0) is 11.6. The molecular formula is C14H16IN. The summed E-state index contributed by atoms with van der Waals surface area (Å²) in [5.74, 6) is 6.30. The molecule has 1 unspecified atom stereocenters. The first-order valence-electron chi connectivity index (χ1n) is 5.47. The molecule has 0 saturated heterocycles. The number of allylic oxidation sites excluding steroid dienone is 1. The van der Waals surface area contributed by atoms with Crippen LogP contribution in [0.4, 0.5) is 0 Å². The molecule has 1 heterocycles. The Morgan fingerprint density at radius 2 is 2.44 bits per heavy atom. The molecule has 1 atom stereocenters. The van der Waals surface area contributed by atoms with E-state index in [1.165, 1.54) is 6.42 Å². The van der Waals surface area contributed by atoms with Crippen molar-refractivity contribution in [1.82, 2.24) is 4.98 Å². The van der Waals surface area contributed by atoms with Crippen molar-refractivity contribution in [3.8, 4) is 11.8 Å². The van der Waals surface area contributed by atoms with E-state index in [4.69, 9.17) is 0 Å². The summed E-state index contributed by atoms with van der Waals surface area (Å²) in [5.41, 5.74) is 1.000. The molecule has 0 bridgehead atoms. The van der Waals surface area contributed by atoms with E-state index in [0.29, 0.717) is 3.92 Å². The number of alkyl halides is 1. The second-order valence-electron chi connectivity index (χ2n) is 3.56. The van der Waals surface area contributed by atoms with E-state index in [9.17, 15) is 0 Å². The Labute approximate surface area is 112 Å². The zero-order valence-corrected chi connectivity index (χ0v) is 11.5. The maximum atomic E-state index is 4.02. The van der Waals surface area contributed by atoms with Crippen LogP contribution in [0.15, 0.2) is 37.2 Å². The van der Waals surface area contributed by atoms with Gasteiger partial charge in [-0.1, -0.05) is 40.5 Å². The number of halogens is 1. The first-order chi connectivity index (χ1) is 7.83. The van der Waals surface area contributed by atoms with Gasteiger partial charge in [0.2, 0.25) is 0 Å². The van der Waals surface area contributed by atoms with Crippen LogP contribution in [0.1, 0.15) is 31.2 Å². The highest BCUT2D eigenvalue weighted by molar-refractivity contribution is 14.1. The average Bonchev–Trinajstić information content (AvgIpc) is 2.30. The van der Waals surface area contributed by atoms with Crippen LogP contribution in [0, 0.1) is 11.8 Å². The molecule has 0 aromatic carbocycles. The van der Waals surface area contributed by atoms with Gasteiger partial charge in [0.05, 0.1) is 0 Å². The van der Waals surface area contributed by atoms with E-state index < -0.39 is 0 Å². The number of rotatable bonds is 5. The van der Waals surface area contributed by atoms with Crippen LogP contribution in [0.3, 0.4) is 0 Å². The van der Waals surface area contributed by atoms with Crippen LogP contribution in [-0.4, -0.2) is 8.91 Å². The van der Waals surface area contributed by atoms with Gasteiger partial charge in [-0.05, 0) is 31.4 Å². The van der Waals surface area contributed by atoms with Gasteiger partial charge in [-0.2, -0.15) is 0 Å². The molecule has 84 valence electrons.